The van der Waals surface area contributed by atoms with Crippen LogP contribution in [0.2, 0.25) is 0 Å². The molecule has 0 aliphatic rings. The second kappa shape index (κ2) is 6.99. The molecule has 0 spiro atoms. The average Bonchev–Trinajstić information content (AvgIpc) is 2.94. The molecule has 0 radical (unpaired) electrons. The maximum atomic E-state index is 12.2. The monoisotopic (exact) mass is 310 g/mol. The Morgan fingerprint density at radius 3 is 2.55 bits per heavy atom. The number of nitrogens with one attached hydrogen (secondary N) is 2. The number of thiophene rings is 1. The van der Waals surface area contributed by atoms with Crippen LogP contribution >= 0.6 is 11.3 Å². The van der Waals surface area contributed by atoms with E-state index in [4.69, 9.17) is 0 Å². The van der Waals surface area contributed by atoms with Crippen molar-refractivity contribution in [3.63, 3.8) is 0 Å². The molecule has 4 nitrogen and oxygen atoms in total. The third-order valence-electron chi connectivity index (χ3n) is 2.78. The van der Waals surface area contributed by atoms with Crippen LogP contribution in [0.15, 0.2) is 46.0 Å². The molecule has 108 valence electrons. The van der Waals surface area contributed by atoms with Crippen LogP contribution in [0.25, 0.3) is 0 Å². The van der Waals surface area contributed by atoms with Crippen molar-refractivity contribution in [3.8, 4) is 0 Å². The molecule has 0 fully saturated rings. The molecule has 0 aliphatic heterocycles. The summed E-state index contributed by atoms with van der Waals surface area (Å²) in [6.45, 7) is 3.89. The van der Waals surface area contributed by atoms with Crippen LogP contribution in [-0.2, 0) is 23.1 Å². The van der Waals surface area contributed by atoms with E-state index in [-0.39, 0.29) is 0 Å². The van der Waals surface area contributed by atoms with Crippen LogP contribution in [0.5, 0.6) is 0 Å². The first kappa shape index (κ1) is 15.2. The van der Waals surface area contributed by atoms with Gasteiger partial charge in [-0.3, -0.25) is 0 Å². The van der Waals surface area contributed by atoms with Gasteiger partial charge in [0.25, 0.3) is 0 Å². The normalized spacial score (nSPS) is 11.7. The summed E-state index contributed by atoms with van der Waals surface area (Å²) in [5.41, 5.74) is 1.94. The van der Waals surface area contributed by atoms with Crippen LogP contribution in [0.3, 0.4) is 0 Å². The van der Waals surface area contributed by atoms with Crippen LogP contribution in [0.4, 0.5) is 0 Å². The Labute approximate surface area is 123 Å². The second-order valence-corrected chi connectivity index (χ2v) is 7.27. The maximum absolute atomic E-state index is 12.2. The second-order valence-electron chi connectivity index (χ2n) is 4.36. The first-order chi connectivity index (χ1) is 9.62. The highest BCUT2D eigenvalue weighted by Crippen LogP contribution is 2.20. The standard InChI is InChI=1S/C14H18N2O2S2/c1-2-15-9-13-8-14(19-11-13)20(17,18)16-10-12-6-4-3-5-7-12/h3-8,11,15-16H,2,9-10H2,1H3. The highest BCUT2D eigenvalue weighted by molar-refractivity contribution is 7.91. The summed E-state index contributed by atoms with van der Waals surface area (Å²) in [5.74, 6) is 0. The molecule has 1 heterocycles. The summed E-state index contributed by atoms with van der Waals surface area (Å²) in [6.07, 6.45) is 0. The minimum Gasteiger partial charge on any atom is -0.313 e. The molecule has 0 atom stereocenters. The first-order valence-corrected chi connectivity index (χ1v) is 8.80. The van der Waals surface area contributed by atoms with Gasteiger partial charge < -0.3 is 5.32 Å². The summed E-state index contributed by atoms with van der Waals surface area (Å²) >= 11 is 1.25. The summed E-state index contributed by atoms with van der Waals surface area (Å²) in [7, 11) is -3.42. The van der Waals surface area contributed by atoms with E-state index < -0.39 is 10.0 Å². The van der Waals surface area contributed by atoms with E-state index in [1.54, 1.807) is 6.07 Å². The van der Waals surface area contributed by atoms with Gasteiger partial charge in [-0.1, -0.05) is 37.3 Å². The Hall–Kier alpha value is -1.21. The molecule has 0 amide bonds. The Balaban J connectivity index is 2.01. The molecule has 0 aliphatic carbocycles. The van der Waals surface area contributed by atoms with Crippen molar-refractivity contribution in [2.75, 3.05) is 6.54 Å². The van der Waals surface area contributed by atoms with Crippen molar-refractivity contribution in [1.29, 1.82) is 0 Å². The van der Waals surface area contributed by atoms with E-state index in [0.717, 1.165) is 17.7 Å². The topological polar surface area (TPSA) is 58.2 Å². The zero-order valence-electron chi connectivity index (χ0n) is 11.3. The lowest BCUT2D eigenvalue weighted by Gasteiger charge is -2.04. The fourth-order valence-corrected chi connectivity index (χ4v) is 3.97. The minimum atomic E-state index is -3.42. The number of sulfonamides is 1. The van der Waals surface area contributed by atoms with Gasteiger partial charge in [-0.05, 0) is 29.1 Å². The van der Waals surface area contributed by atoms with Gasteiger partial charge in [0.15, 0.2) is 0 Å². The summed E-state index contributed by atoms with van der Waals surface area (Å²) in [4.78, 5) is 0. The number of benzene rings is 1. The molecule has 0 saturated heterocycles. The van der Waals surface area contributed by atoms with Gasteiger partial charge in [-0.15, -0.1) is 11.3 Å². The van der Waals surface area contributed by atoms with Crippen molar-refractivity contribution in [1.82, 2.24) is 10.0 Å². The van der Waals surface area contributed by atoms with E-state index in [1.165, 1.54) is 11.3 Å². The Bertz CT molecular complexity index is 636. The van der Waals surface area contributed by atoms with Gasteiger partial charge >= 0.3 is 0 Å². The van der Waals surface area contributed by atoms with Gasteiger partial charge in [-0.25, -0.2) is 13.1 Å². The van der Waals surface area contributed by atoms with Crippen molar-refractivity contribution in [3.05, 3.63) is 52.9 Å². The zero-order valence-corrected chi connectivity index (χ0v) is 12.9. The molecule has 2 N–H and O–H groups in total. The maximum Gasteiger partial charge on any atom is 0.250 e. The number of hydrogen-bond acceptors (Lipinski definition) is 4. The highest BCUT2D eigenvalue weighted by atomic mass is 32.2. The van der Waals surface area contributed by atoms with E-state index >= 15 is 0 Å². The first-order valence-electron chi connectivity index (χ1n) is 6.43. The van der Waals surface area contributed by atoms with Gasteiger partial charge in [0.1, 0.15) is 4.21 Å². The van der Waals surface area contributed by atoms with E-state index in [1.807, 2.05) is 42.6 Å². The molecule has 1 aromatic carbocycles. The molecule has 0 saturated carbocycles. The van der Waals surface area contributed by atoms with Gasteiger partial charge in [-0.2, -0.15) is 0 Å². The van der Waals surface area contributed by atoms with Crippen LogP contribution in [-0.4, -0.2) is 15.0 Å². The number of hydrogen-bond donors (Lipinski definition) is 2. The van der Waals surface area contributed by atoms with Gasteiger partial charge in [0.05, 0.1) is 0 Å². The summed E-state index contributed by atoms with van der Waals surface area (Å²) in [5, 5.41) is 5.05. The molecule has 0 unspecified atom stereocenters. The van der Waals surface area contributed by atoms with Crippen molar-refractivity contribution < 1.29 is 8.42 Å². The SMILES string of the molecule is CCNCc1csc(S(=O)(=O)NCc2ccccc2)c1. The molecule has 20 heavy (non-hydrogen) atoms. The van der Waals surface area contributed by atoms with E-state index in [9.17, 15) is 8.42 Å². The molecule has 2 rings (SSSR count). The lowest BCUT2D eigenvalue weighted by atomic mass is 10.2. The average molecular weight is 310 g/mol. The predicted molar refractivity (Wildman–Crippen MR) is 82.2 cm³/mol. The molecule has 0 bridgehead atoms. The fourth-order valence-electron chi connectivity index (χ4n) is 1.70. The minimum absolute atomic E-state index is 0.309. The molecular formula is C14H18N2O2S2. The highest BCUT2D eigenvalue weighted by Gasteiger charge is 2.16. The summed E-state index contributed by atoms with van der Waals surface area (Å²) < 4.78 is 27.3. The largest absolute Gasteiger partial charge is 0.313 e. The Morgan fingerprint density at radius 1 is 1.10 bits per heavy atom. The van der Waals surface area contributed by atoms with Crippen molar-refractivity contribution >= 4 is 21.4 Å². The van der Waals surface area contributed by atoms with Crippen LogP contribution in [0.1, 0.15) is 18.1 Å². The lowest BCUT2D eigenvalue weighted by molar-refractivity contribution is 0.583. The molecule has 2 aromatic rings. The van der Waals surface area contributed by atoms with Crippen molar-refractivity contribution in [2.45, 2.75) is 24.2 Å². The molecule has 6 heteroatoms. The third-order valence-corrected chi connectivity index (χ3v) is 5.67. The van der Waals surface area contributed by atoms with Gasteiger partial charge in [0, 0.05) is 13.1 Å². The molecule has 1 aromatic heterocycles. The Kier molecular flexibility index (Phi) is 5.31. The number of rotatable bonds is 7. The van der Waals surface area contributed by atoms with Crippen molar-refractivity contribution in [2.24, 2.45) is 0 Å². The van der Waals surface area contributed by atoms with E-state index in [0.29, 0.717) is 17.3 Å². The quantitative estimate of drug-likeness (QED) is 0.825. The molecular weight excluding hydrogens is 292 g/mol. The zero-order chi connectivity index (χ0) is 14.4. The van der Waals surface area contributed by atoms with Crippen LogP contribution in [0, 0.1) is 0 Å². The summed E-state index contributed by atoms with van der Waals surface area (Å²) in [6, 6.07) is 11.2. The van der Waals surface area contributed by atoms with Gasteiger partial charge in [0.2, 0.25) is 10.0 Å². The third kappa shape index (κ3) is 4.14. The predicted octanol–water partition coefficient (Wildman–Crippen LogP) is 2.34. The van der Waals surface area contributed by atoms with Crippen LogP contribution < -0.4 is 10.0 Å². The van der Waals surface area contributed by atoms with E-state index in [2.05, 4.69) is 10.0 Å². The smallest absolute Gasteiger partial charge is 0.250 e. The lowest BCUT2D eigenvalue weighted by Crippen LogP contribution is -2.22. The Morgan fingerprint density at radius 2 is 1.85 bits per heavy atom. The fraction of sp³-hybridized carbons (Fsp3) is 0.286.